The topological polar surface area (TPSA) is 73.8 Å². The van der Waals surface area contributed by atoms with Gasteiger partial charge in [0.05, 0.1) is 22.5 Å². The first-order valence-electron chi connectivity index (χ1n) is 8.82. The van der Waals surface area contributed by atoms with E-state index in [9.17, 15) is 22.8 Å². The summed E-state index contributed by atoms with van der Waals surface area (Å²) in [5.74, 6) is -1.16. The van der Waals surface area contributed by atoms with Crippen LogP contribution in [-0.4, -0.2) is 32.1 Å². The molecule has 0 unspecified atom stereocenters. The van der Waals surface area contributed by atoms with Crippen LogP contribution in [0.4, 0.5) is 24.5 Å². The van der Waals surface area contributed by atoms with Crippen molar-refractivity contribution in [3.8, 4) is 0 Å². The number of carbonyl (C=O) groups is 2. The first kappa shape index (κ1) is 23.2. The number of halogens is 4. The summed E-state index contributed by atoms with van der Waals surface area (Å²) in [4.78, 5) is 25.7. The van der Waals surface area contributed by atoms with Crippen molar-refractivity contribution >= 4 is 41.0 Å². The molecule has 0 aromatic heterocycles. The van der Waals surface area contributed by atoms with Crippen molar-refractivity contribution in [1.29, 1.82) is 0 Å². The fourth-order valence-electron chi connectivity index (χ4n) is 2.33. The van der Waals surface area contributed by atoms with Crippen LogP contribution in [0.3, 0.4) is 0 Å². The van der Waals surface area contributed by atoms with E-state index in [-0.39, 0.29) is 23.6 Å². The molecule has 160 valence electrons. The Labute approximate surface area is 176 Å². The van der Waals surface area contributed by atoms with Gasteiger partial charge in [-0.2, -0.15) is 18.3 Å². The van der Waals surface area contributed by atoms with Crippen LogP contribution in [0, 0.1) is 0 Å². The minimum absolute atomic E-state index is 0.0364. The molecular weight excluding hydrogens is 421 g/mol. The second-order valence-corrected chi connectivity index (χ2v) is 6.93. The molecule has 2 amide bonds. The van der Waals surface area contributed by atoms with Crippen LogP contribution >= 0.6 is 11.6 Å². The van der Waals surface area contributed by atoms with E-state index in [1.165, 1.54) is 6.21 Å². The lowest BCUT2D eigenvalue weighted by Crippen LogP contribution is -2.21. The van der Waals surface area contributed by atoms with E-state index in [1.54, 1.807) is 0 Å². The van der Waals surface area contributed by atoms with Crippen molar-refractivity contribution in [2.24, 2.45) is 5.10 Å². The number of anilines is 2. The Balaban J connectivity index is 1.82. The van der Waals surface area contributed by atoms with Crippen molar-refractivity contribution in [3.05, 3.63) is 58.6 Å². The number of benzene rings is 2. The van der Waals surface area contributed by atoms with Crippen molar-refractivity contribution < 1.29 is 22.8 Å². The van der Waals surface area contributed by atoms with Gasteiger partial charge in [-0.3, -0.25) is 9.59 Å². The molecular formula is C20H20ClF3N4O2. The Kier molecular flexibility index (Phi) is 7.82. The molecule has 0 radical (unpaired) electrons. The maximum Gasteiger partial charge on any atom is 0.416 e. The highest BCUT2D eigenvalue weighted by atomic mass is 35.5. The number of amides is 2. The molecule has 0 fully saturated rings. The molecule has 0 saturated carbocycles. The molecule has 10 heteroatoms. The highest BCUT2D eigenvalue weighted by Crippen LogP contribution is 2.33. The molecule has 0 saturated heterocycles. The zero-order valence-corrected chi connectivity index (χ0v) is 17.0. The fourth-order valence-corrected chi connectivity index (χ4v) is 2.50. The third-order valence-electron chi connectivity index (χ3n) is 3.96. The SMILES string of the molecule is CN(C)c1ccc(/C=N/NC(=O)CCC(=O)Nc2cc(C(F)(F)F)ccc2Cl)cc1. The number of hydrogen-bond acceptors (Lipinski definition) is 4. The minimum atomic E-state index is -4.56. The summed E-state index contributed by atoms with van der Waals surface area (Å²) in [5, 5.41) is 6.06. The van der Waals surface area contributed by atoms with Crippen molar-refractivity contribution in [2.75, 3.05) is 24.3 Å². The van der Waals surface area contributed by atoms with Gasteiger partial charge in [-0.1, -0.05) is 23.7 Å². The molecule has 0 aliphatic rings. The highest BCUT2D eigenvalue weighted by molar-refractivity contribution is 6.33. The zero-order chi connectivity index (χ0) is 22.3. The van der Waals surface area contributed by atoms with Crippen LogP contribution in [0.5, 0.6) is 0 Å². The average molecular weight is 441 g/mol. The quantitative estimate of drug-likeness (QED) is 0.498. The lowest BCUT2D eigenvalue weighted by Gasteiger charge is -2.11. The summed E-state index contributed by atoms with van der Waals surface area (Å²) >= 11 is 5.82. The third-order valence-corrected chi connectivity index (χ3v) is 4.29. The van der Waals surface area contributed by atoms with E-state index in [0.717, 1.165) is 29.4 Å². The fraction of sp³-hybridized carbons (Fsp3) is 0.250. The summed E-state index contributed by atoms with van der Waals surface area (Å²) in [6, 6.07) is 10.1. The van der Waals surface area contributed by atoms with E-state index in [4.69, 9.17) is 11.6 Å². The van der Waals surface area contributed by atoms with Crippen LogP contribution in [0.2, 0.25) is 5.02 Å². The third kappa shape index (κ3) is 7.07. The average Bonchev–Trinajstić information content (AvgIpc) is 2.67. The first-order chi connectivity index (χ1) is 14.1. The van der Waals surface area contributed by atoms with Crippen molar-refractivity contribution in [3.63, 3.8) is 0 Å². The lowest BCUT2D eigenvalue weighted by atomic mass is 10.2. The van der Waals surface area contributed by atoms with Crippen LogP contribution in [-0.2, 0) is 15.8 Å². The second-order valence-electron chi connectivity index (χ2n) is 6.52. The molecule has 2 aromatic rings. The molecule has 30 heavy (non-hydrogen) atoms. The van der Waals surface area contributed by atoms with Crippen LogP contribution in [0.1, 0.15) is 24.0 Å². The van der Waals surface area contributed by atoms with Gasteiger partial charge >= 0.3 is 6.18 Å². The maximum atomic E-state index is 12.8. The standard InChI is InChI=1S/C20H20ClF3N4O2/c1-28(2)15-6-3-13(4-7-15)12-25-27-19(30)10-9-18(29)26-17-11-14(20(22,23)24)5-8-16(17)21/h3-8,11-12H,9-10H2,1-2H3,(H,26,29)(H,27,30)/b25-12+. The Hall–Kier alpha value is -3.07. The van der Waals surface area contributed by atoms with E-state index in [1.807, 2.05) is 43.3 Å². The summed E-state index contributed by atoms with van der Waals surface area (Å²) < 4.78 is 38.3. The predicted molar refractivity (Wildman–Crippen MR) is 111 cm³/mol. The minimum Gasteiger partial charge on any atom is -0.378 e. The van der Waals surface area contributed by atoms with Gasteiger partial charge in [-0.05, 0) is 35.9 Å². The van der Waals surface area contributed by atoms with Crippen molar-refractivity contribution in [1.82, 2.24) is 5.43 Å². The maximum absolute atomic E-state index is 12.8. The number of hydrazone groups is 1. The normalized spacial score (nSPS) is 11.4. The molecule has 0 atom stereocenters. The number of nitrogens with zero attached hydrogens (tertiary/aromatic N) is 2. The van der Waals surface area contributed by atoms with Crippen LogP contribution in [0.15, 0.2) is 47.6 Å². The van der Waals surface area contributed by atoms with Gasteiger partial charge in [-0.15, -0.1) is 0 Å². The monoisotopic (exact) mass is 440 g/mol. The van der Waals surface area contributed by atoms with E-state index < -0.39 is 23.6 Å². The van der Waals surface area contributed by atoms with E-state index in [0.29, 0.717) is 0 Å². The van der Waals surface area contributed by atoms with Gasteiger partial charge < -0.3 is 10.2 Å². The molecule has 2 aromatic carbocycles. The molecule has 0 heterocycles. The molecule has 6 nitrogen and oxygen atoms in total. The molecule has 2 N–H and O–H groups in total. The van der Waals surface area contributed by atoms with Gasteiger partial charge in [-0.25, -0.2) is 5.43 Å². The number of nitrogens with one attached hydrogen (secondary N) is 2. The summed E-state index contributed by atoms with van der Waals surface area (Å²) in [5.41, 5.74) is 2.98. The largest absolute Gasteiger partial charge is 0.416 e. The molecule has 0 spiro atoms. The Morgan fingerprint density at radius 1 is 1.07 bits per heavy atom. The first-order valence-corrected chi connectivity index (χ1v) is 9.20. The molecule has 0 aliphatic heterocycles. The van der Waals surface area contributed by atoms with Crippen LogP contribution < -0.4 is 15.6 Å². The Bertz CT molecular complexity index is 929. The van der Waals surface area contributed by atoms with Gasteiger partial charge in [0.25, 0.3) is 0 Å². The number of rotatable bonds is 7. The van der Waals surface area contributed by atoms with E-state index in [2.05, 4.69) is 15.8 Å². The number of carbonyl (C=O) groups excluding carboxylic acids is 2. The van der Waals surface area contributed by atoms with Gasteiger partial charge in [0.2, 0.25) is 11.8 Å². The van der Waals surface area contributed by atoms with Crippen LogP contribution in [0.25, 0.3) is 0 Å². The second kappa shape index (κ2) is 10.1. The zero-order valence-electron chi connectivity index (χ0n) is 16.3. The summed E-state index contributed by atoms with van der Waals surface area (Å²) in [7, 11) is 3.83. The molecule has 0 aliphatic carbocycles. The smallest absolute Gasteiger partial charge is 0.378 e. The Morgan fingerprint density at radius 2 is 1.70 bits per heavy atom. The Morgan fingerprint density at radius 3 is 2.30 bits per heavy atom. The van der Waals surface area contributed by atoms with E-state index >= 15 is 0 Å². The van der Waals surface area contributed by atoms with Gasteiger partial charge in [0.15, 0.2) is 0 Å². The lowest BCUT2D eigenvalue weighted by molar-refractivity contribution is -0.137. The molecule has 0 bridgehead atoms. The predicted octanol–water partition coefficient (Wildman–Crippen LogP) is 4.29. The summed E-state index contributed by atoms with van der Waals surface area (Å²) in [6.45, 7) is 0. The number of alkyl halides is 3. The van der Waals surface area contributed by atoms with Gasteiger partial charge in [0, 0.05) is 32.6 Å². The summed E-state index contributed by atoms with van der Waals surface area (Å²) in [6.07, 6.45) is -3.54. The van der Waals surface area contributed by atoms with Crippen molar-refractivity contribution in [2.45, 2.75) is 19.0 Å². The number of hydrogen-bond donors (Lipinski definition) is 2. The van der Waals surface area contributed by atoms with Gasteiger partial charge in [0.1, 0.15) is 0 Å². The molecule has 2 rings (SSSR count). The highest BCUT2D eigenvalue weighted by Gasteiger charge is 2.31.